The van der Waals surface area contributed by atoms with Crippen LogP contribution in [0.25, 0.3) is 11.5 Å². The molecule has 0 saturated heterocycles. The minimum atomic E-state index is -0.240. The van der Waals surface area contributed by atoms with E-state index in [0.717, 1.165) is 0 Å². The van der Waals surface area contributed by atoms with Crippen LogP contribution in [0.1, 0.15) is 10.5 Å². The van der Waals surface area contributed by atoms with Gasteiger partial charge < -0.3 is 14.5 Å². The number of furan rings is 1. The van der Waals surface area contributed by atoms with Gasteiger partial charge in [0.1, 0.15) is 5.69 Å². The average Bonchev–Trinajstić information content (AvgIpc) is 3.00. The highest BCUT2D eigenvalue weighted by atomic mass is 16.5. The highest BCUT2D eigenvalue weighted by Crippen LogP contribution is 2.17. The number of hydrogen-bond acceptors (Lipinski definition) is 4. The maximum atomic E-state index is 11.6. The van der Waals surface area contributed by atoms with Crippen LogP contribution >= 0.6 is 0 Å². The third-order valence-corrected chi connectivity index (χ3v) is 2.19. The summed E-state index contributed by atoms with van der Waals surface area (Å²) < 4.78 is 10.0. The fourth-order valence-electron chi connectivity index (χ4n) is 1.35. The van der Waals surface area contributed by atoms with Crippen LogP contribution < -0.4 is 5.32 Å². The lowest BCUT2D eigenvalue weighted by atomic mass is 10.3. The van der Waals surface area contributed by atoms with Crippen molar-refractivity contribution in [2.45, 2.75) is 0 Å². The van der Waals surface area contributed by atoms with Gasteiger partial charge in [-0.05, 0) is 12.1 Å². The molecule has 0 atom stereocenters. The quantitative estimate of drug-likeness (QED) is 0.759. The van der Waals surface area contributed by atoms with Gasteiger partial charge in [0.15, 0.2) is 11.5 Å². The van der Waals surface area contributed by atoms with Gasteiger partial charge in [-0.3, -0.25) is 9.89 Å². The number of rotatable bonds is 5. The molecule has 0 aliphatic heterocycles. The van der Waals surface area contributed by atoms with E-state index in [0.29, 0.717) is 30.3 Å². The van der Waals surface area contributed by atoms with E-state index in [2.05, 4.69) is 15.5 Å². The number of amides is 1. The van der Waals surface area contributed by atoms with Crippen LogP contribution in [0, 0.1) is 0 Å². The summed E-state index contributed by atoms with van der Waals surface area (Å²) in [6.45, 7) is 0.930. The topological polar surface area (TPSA) is 80.1 Å². The summed E-state index contributed by atoms with van der Waals surface area (Å²) in [5, 5.41) is 9.34. The number of hydrogen-bond donors (Lipinski definition) is 2. The Morgan fingerprint density at radius 2 is 2.53 bits per heavy atom. The Labute approximate surface area is 98.0 Å². The first-order chi connectivity index (χ1) is 8.31. The number of aromatic nitrogens is 2. The Hall–Kier alpha value is -2.08. The smallest absolute Gasteiger partial charge is 0.271 e. The van der Waals surface area contributed by atoms with Crippen molar-refractivity contribution in [1.82, 2.24) is 15.5 Å². The molecule has 2 aromatic rings. The van der Waals surface area contributed by atoms with E-state index in [9.17, 15) is 4.79 Å². The molecule has 0 saturated carbocycles. The van der Waals surface area contributed by atoms with Crippen LogP contribution in [0.5, 0.6) is 0 Å². The fraction of sp³-hybridized carbons (Fsp3) is 0.273. The number of ether oxygens (including phenoxy) is 1. The second-order valence-electron chi connectivity index (χ2n) is 3.39. The second kappa shape index (κ2) is 5.31. The van der Waals surface area contributed by atoms with Crippen molar-refractivity contribution in [2.75, 3.05) is 20.3 Å². The summed E-state index contributed by atoms with van der Waals surface area (Å²) in [6.07, 6.45) is 1.56. The summed E-state index contributed by atoms with van der Waals surface area (Å²) in [5.74, 6) is 0.407. The Morgan fingerprint density at radius 1 is 1.65 bits per heavy atom. The van der Waals surface area contributed by atoms with Gasteiger partial charge in [0.2, 0.25) is 0 Å². The maximum Gasteiger partial charge on any atom is 0.271 e. The third kappa shape index (κ3) is 2.73. The average molecular weight is 235 g/mol. The molecule has 0 unspecified atom stereocenters. The lowest BCUT2D eigenvalue weighted by Gasteiger charge is -2.00. The number of carbonyl (C=O) groups is 1. The molecule has 2 N–H and O–H groups in total. The molecule has 0 aliphatic rings. The van der Waals surface area contributed by atoms with Gasteiger partial charge in [-0.2, -0.15) is 5.10 Å². The van der Waals surface area contributed by atoms with Crippen LogP contribution in [-0.4, -0.2) is 36.4 Å². The lowest BCUT2D eigenvalue weighted by Crippen LogP contribution is -2.27. The van der Waals surface area contributed by atoms with Gasteiger partial charge in [0, 0.05) is 19.7 Å². The Balaban J connectivity index is 2.01. The molecule has 17 heavy (non-hydrogen) atoms. The Bertz CT molecular complexity index is 476. The van der Waals surface area contributed by atoms with E-state index in [1.54, 1.807) is 31.6 Å². The zero-order valence-electron chi connectivity index (χ0n) is 9.40. The third-order valence-electron chi connectivity index (χ3n) is 2.19. The number of H-pyrrole nitrogens is 1. The van der Waals surface area contributed by atoms with Crippen LogP contribution in [0.2, 0.25) is 0 Å². The molecule has 0 aromatic carbocycles. The van der Waals surface area contributed by atoms with Crippen LogP contribution in [0.4, 0.5) is 0 Å². The largest absolute Gasteiger partial charge is 0.463 e. The summed E-state index contributed by atoms with van der Waals surface area (Å²) in [5.41, 5.74) is 0.999. The van der Waals surface area contributed by atoms with Crippen LogP contribution in [0.15, 0.2) is 28.9 Å². The van der Waals surface area contributed by atoms with Gasteiger partial charge in [0.25, 0.3) is 5.91 Å². The van der Waals surface area contributed by atoms with E-state index in [1.165, 1.54) is 0 Å². The molecule has 0 fully saturated rings. The van der Waals surface area contributed by atoms with E-state index >= 15 is 0 Å². The minimum absolute atomic E-state index is 0.240. The first kappa shape index (κ1) is 11.4. The van der Waals surface area contributed by atoms with E-state index in [1.807, 2.05) is 0 Å². The summed E-state index contributed by atoms with van der Waals surface area (Å²) in [6, 6.07) is 5.20. The second-order valence-corrected chi connectivity index (χ2v) is 3.39. The predicted molar refractivity (Wildman–Crippen MR) is 60.5 cm³/mol. The van der Waals surface area contributed by atoms with Crippen molar-refractivity contribution in [2.24, 2.45) is 0 Å². The Morgan fingerprint density at radius 3 is 3.24 bits per heavy atom. The summed E-state index contributed by atoms with van der Waals surface area (Å²) >= 11 is 0. The molecule has 6 heteroatoms. The lowest BCUT2D eigenvalue weighted by molar-refractivity contribution is 0.0932. The summed E-state index contributed by atoms with van der Waals surface area (Å²) in [4.78, 5) is 11.6. The highest BCUT2D eigenvalue weighted by Gasteiger charge is 2.11. The molecule has 0 aliphatic carbocycles. The van der Waals surface area contributed by atoms with Gasteiger partial charge in [0.05, 0.1) is 12.9 Å². The fourth-order valence-corrected chi connectivity index (χ4v) is 1.35. The van der Waals surface area contributed by atoms with Crippen molar-refractivity contribution < 1.29 is 13.9 Å². The van der Waals surface area contributed by atoms with Crippen molar-refractivity contribution in [3.05, 3.63) is 30.2 Å². The number of methoxy groups -OCH3 is 1. The summed E-state index contributed by atoms with van der Waals surface area (Å²) in [7, 11) is 1.58. The molecule has 1 amide bonds. The molecule has 2 aromatic heterocycles. The van der Waals surface area contributed by atoms with E-state index in [4.69, 9.17) is 9.15 Å². The standard InChI is InChI=1S/C11H13N3O3/c1-16-6-4-12-11(15)9-7-8(13-14-9)10-3-2-5-17-10/h2-3,5,7H,4,6H2,1H3,(H,12,15)(H,13,14). The number of nitrogens with one attached hydrogen (secondary N) is 2. The number of aromatic amines is 1. The SMILES string of the molecule is COCCNC(=O)c1cc(-c2ccco2)[nH]n1. The first-order valence-electron chi connectivity index (χ1n) is 5.17. The monoisotopic (exact) mass is 235 g/mol. The van der Waals surface area contributed by atoms with Gasteiger partial charge in [-0.25, -0.2) is 0 Å². The van der Waals surface area contributed by atoms with Crippen molar-refractivity contribution in [1.29, 1.82) is 0 Å². The zero-order chi connectivity index (χ0) is 12.1. The molecule has 2 rings (SSSR count). The van der Waals surface area contributed by atoms with E-state index in [-0.39, 0.29) is 5.91 Å². The molecule has 0 radical (unpaired) electrons. The van der Waals surface area contributed by atoms with Crippen LogP contribution in [-0.2, 0) is 4.74 Å². The zero-order valence-corrected chi connectivity index (χ0v) is 9.40. The van der Waals surface area contributed by atoms with Gasteiger partial charge in [-0.1, -0.05) is 0 Å². The van der Waals surface area contributed by atoms with Crippen molar-refractivity contribution >= 4 is 5.91 Å². The normalized spacial score (nSPS) is 10.4. The maximum absolute atomic E-state index is 11.6. The molecule has 0 spiro atoms. The number of carbonyl (C=O) groups excluding carboxylic acids is 1. The molecular formula is C11H13N3O3. The van der Waals surface area contributed by atoms with Crippen LogP contribution in [0.3, 0.4) is 0 Å². The Kier molecular flexibility index (Phi) is 3.56. The number of nitrogens with zero attached hydrogens (tertiary/aromatic N) is 1. The first-order valence-corrected chi connectivity index (χ1v) is 5.17. The molecular weight excluding hydrogens is 222 g/mol. The van der Waals surface area contributed by atoms with Crippen molar-refractivity contribution in [3.63, 3.8) is 0 Å². The predicted octanol–water partition coefficient (Wildman–Crippen LogP) is 1.05. The van der Waals surface area contributed by atoms with Gasteiger partial charge in [-0.15, -0.1) is 0 Å². The van der Waals surface area contributed by atoms with Gasteiger partial charge >= 0.3 is 0 Å². The molecule has 90 valence electrons. The molecule has 6 nitrogen and oxygen atoms in total. The molecule has 0 bridgehead atoms. The van der Waals surface area contributed by atoms with E-state index < -0.39 is 0 Å². The highest BCUT2D eigenvalue weighted by molar-refractivity contribution is 5.93. The molecule has 2 heterocycles. The minimum Gasteiger partial charge on any atom is -0.463 e. The van der Waals surface area contributed by atoms with Crippen molar-refractivity contribution in [3.8, 4) is 11.5 Å².